The van der Waals surface area contributed by atoms with Crippen LogP contribution < -0.4 is 10.1 Å². The van der Waals surface area contributed by atoms with Gasteiger partial charge in [-0.3, -0.25) is 0 Å². The summed E-state index contributed by atoms with van der Waals surface area (Å²) in [4.78, 5) is 11.3. The molecule has 3 aromatic carbocycles. The van der Waals surface area contributed by atoms with Crippen molar-refractivity contribution in [2.45, 2.75) is 69.6 Å². The predicted octanol–water partition coefficient (Wildman–Crippen LogP) is 7.83. The van der Waals surface area contributed by atoms with Crippen LogP contribution in [-0.4, -0.2) is 23.4 Å². The number of halogens is 6. The Balaban J connectivity index is 1.33. The lowest BCUT2D eigenvalue weighted by Crippen LogP contribution is -2.32. The Labute approximate surface area is 221 Å². The molecule has 0 heterocycles. The fraction of sp³-hybridized carbons (Fsp3) is 0.414. The number of ether oxygens (including phenoxy) is 1. The summed E-state index contributed by atoms with van der Waals surface area (Å²) in [6.07, 6.45) is -8.37. The number of benzene rings is 3. The van der Waals surface area contributed by atoms with Crippen molar-refractivity contribution in [3.8, 4) is 5.75 Å². The zero-order chi connectivity index (χ0) is 27.9. The van der Waals surface area contributed by atoms with E-state index in [0.717, 1.165) is 29.5 Å². The van der Waals surface area contributed by atoms with Crippen molar-refractivity contribution in [1.82, 2.24) is 5.32 Å². The lowest BCUT2D eigenvalue weighted by atomic mass is 9.87. The van der Waals surface area contributed by atoms with Crippen molar-refractivity contribution in [1.29, 1.82) is 0 Å². The van der Waals surface area contributed by atoms with E-state index in [-0.39, 0.29) is 48.4 Å². The summed E-state index contributed by atoms with van der Waals surface area (Å²) < 4.78 is 87.0. The summed E-state index contributed by atoms with van der Waals surface area (Å²) in [5, 5.41) is 13.0. The second-order valence-corrected chi connectivity index (χ2v) is 10.3. The molecule has 1 unspecified atom stereocenters. The topological polar surface area (TPSA) is 58.6 Å². The first-order valence-corrected chi connectivity index (χ1v) is 12.9. The molecular formula is C29H27F6NO3. The van der Waals surface area contributed by atoms with Gasteiger partial charge in [0.05, 0.1) is 17.6 Å². The van der Waals surface area contributed by atoms with Crippen LogP contribution >= 0.6 is 0 Å². The highest BCUT2D eigenvalue weighted by Crippen LogP contribution is 2.44. The fourth-order valence-electron chi connectivity index (χ4n) is 5.74. The van der Waals surface area contributed by atoms with E-state index in [9.17, 15) is 36.2 Å². The maximum Gasteiger partial charge on any atom is 0.420 e. The van der Waals surface area contributed by atoms with E-state index in [2.05, 4.69) is 5.32 Å². The van der Waals surface area contributed by atoms with E-state index in [1.54, 1.807) is 24.3 Å². The second-order valence-electron chi connectivity index (χ2n) is 10.3. The molecule has 0 saturated heterocycles. The second kappa shape index (κ2) is 10.4. The van der Waals surface area contributed by atoms with Gasteiger partial charge in [0.25, 0.3) is 0 Å². The van der Waals surface area contributed by atoms with Crippen molar-refractivity contribution in [3.63, 3.8) is 0 Å². The average Bonchev–Trinajstić information content (AvgIpc) is 3.28. The van der Waals surface area contributed by atoms with Crippen molar-refractivity contribution in [2.24, 2.45) is 5.92 Å². The Hall–Kier alpha value is -3.27. The first kappa shape index (κ1) is 27.3. The summed E-state index contributed by atoms with van der Waals surface area (Å²) in [7, 11) is 0. The molecule has 0 radical (unpaired) electrons. The summed E-state index contributed by atoms with van der Waals surface area (Å²) in [6.45, 7) is 0.374. The van der Waals surface area contributed by atoms with Crippen LogP contribution in [0.2, 0.25) is 0 Å². The van der Waals surface area contributed by atoms with Gasteiger partial charge in [-0.25, -0.2) is 4.79 Å². The van der Waals surface area contributed by atoms with Crippen LogP contribution in [0.1, 0.15) is 70.8 Å². The molecule has 1 atom stereocenters. The van der Waals surface area contributed by atoms with Gasteiger partial charge in [-0.05, 0) is 90.3 Å². The number of carbonyl (C=O) groups is 1. The summed E-state index contributed by atoms with van der Waals surface area (Å²) in [6, 6.07) is 12.4. The van der Waals surface area contributed by atoms with E-state index < -0.39 is 35.9 Å². The van der Waals surface area contributed by atoms with Gasteiger partial charge in [0.2, 0.25) is 0 Å². The molecule has 39 heavy (non-hydrogen) atoms. The van der Waals surface area contributed by atoms with Crippen molar-refractivity contribution in [3.05, 3.63) is 76.3 Å². The minimum Gasteiger partial charge on any atom is -0.490 e. The molecule has 5 rings (SSSR count). The molecule has 1 saturated carbocycles. The van der Waals surface area contributed by atoms with Crippen LogP contribution in [0.5, 0.6) is 5.75 Å². The molecule has 2 aliphatic rings. The van der Waals surface area contributed by atoms with Crippen LogP contribution in [0.3, 0.4) is 0 Å². The highest BCUT2D eigenvalue weighted by atomic mass is 19.4. The lowest BCUT2D eigenvalue weighted by molar-refractivity contribution is -0.185. The van der Waals surface area contributed by atoms with Gasteiger partial charge in [0.1, 0.15) is 11.3 Å². The number of aryl methyl sites for hydroxylation is 1. The van der Waals surface area contributed by atoms with E-state index in [1.165, 1.54) is 18.2 Å². The van der Waals surface area contributed by atoms with Gasteiger partial charge in [-0.15, -0.1) is 0 Å². The number of hydrogen-bond acceptors (Lipinski definition) is 3. The number of carboxylic acid groups (broad SMARTS) is 1. The molecule has 4 nitrogen and oxygen atoms in total. The van der Waals surface area contributed by atoms with Crippen molar-refractivity contribution >= 4 is 16.7 Å². The largest absolute Gasteiger partial charge is 0.490 e. The minimum absolute atomic E-state index is 0.0370. The van der Waals surface area contributed by atoms with Crippen LogP contribution in [0.4, 0.5) is 26.3 Å². The lowest BCUT2D eigenvalue weighted by Gasteiger charge is -2.31. The molecule has 0 aliphatic heterocycles. The Morgan fingerprint density at radius 3 is 2.33 bits per heavy atom. The number of fused-ring (bicyclic) bond motifs is 2. The number of alkyl halides is 6. The molecule has 2 N–H and O–H groups in total. The van der Waals surface area contributed by atoms with Crippen molar-refractivity contribution < 1.29 is 41.0 Å². The van der Waals surface area contributed by atoms with Gasteiger partial charge in [0.15, 0.2) is 0 Å². The summed E-state index contributed by atoms with van der Waals surface area (Å²) in [5.74, 6) is -2.82. The van der Waals surface area contributed by atoms with Gasteiger partial charge >= 0.3 is 18.3 Å². The van der Waals surface area contributed by atoms with E-state index in [0.29, 0.717) is 11.9 Å². The third-order valence-corrected chi connectivity index (χ3v) is 7.78. The van der Waals surface area contributed by atoms with Gasteiger partial charge in [-0.2, -0.15) is 26.3 Å². The quantitative estimate of drug-likeness (QED) is 0.307. The highest BCUT2D eigenvalue weighted by Gasteiger charge is 2.42. The minimum atomic E-state index is -4.72. The number of hydrogen-bond donors (Lipinski definition) is 2. The molecule has 0 aromatic heterocycles. The van der Waals surface area contributed by atoms with Crippen LogP contribution in [0.15, 0.2) is 48.5 Å². The van der Waals surface area contributed by atoms with Gasteiger partial charge < -0.3 is 15.2 Å². The van der Waals surface area contributed by atoms with E-state index >= 15 is 0 Å². The first-order chi connectivity index (χ1) is 18.4. The third-order valence-electron chi connectivity index (χ3n) is 7.78. The molecule has 3 aromatic rings. The van der Waals surface area contributed by atoms with E-state index in [4.69, 9.17) is 4.74 Å². The Morgan fingerprint density at radius 1 is 0.923 bits per heavy atom. The molecule has 0 bridgehead atoms. The zero-order valence-electron chi connectivity index (χ0n) is 20.8. The highest BCUT2D eigenvalue weighted by molar-refractivity contribution is 5.89. The van der Waals surface area contributed by atoms with Crippen molar-refractivity contribution in [2.75, 3.05) is 0 Å². The molecule has 1 fully saturated rings. The zero-order valence-corrected chi connectivity index (χ0v) is 20.8. The Kier molecular flexibility index (Phi) is 7.26. The molecule has 2 aliphatic carbocycles. The predicted molar refractivity (Wildman–Crippen MR) is 133 cm³/mol. The first-order valence-electron chi connectivity index (χ1n) is 12.9. The number of nitrogens with one attached hydrogen (secondary N) is 1. The monoisotopic (exact) mass is 551 g/mol. The average molecular weight is 552 g/mol. The number of aromatic carboxylic acids is 1. The molecule has 10 heteroatoms. The van der Waals surface area contributed by atoms with Gasteiger partial charge in [0, 0.05) is 12.6 Å². The number of rotatable bonds is 6. The Morgan fingerprint density at radius 2 is 1.67 bits per heavy atom. The summed E-state index contributed by atoms with van der Waals surface area (Å²) in [5.41, 5.74) is 2.03. The summed E-state index contributed by atoms with van der Waals surface area (Å²) >= 11 is 0. The van der Waals surface area contributed by atoms with E-state index in [1.807, 2.05) is 6.07 Å². The maximum atomic E-state index is 14.2. The van der Waals surface area contributed by atoms with Crippen LogP contribution in [0, 0.1) is 5.92 Å². The maximum absolute atomic E-state index is 14.2. The van der Waals surface area contributed by atoms with Crippen LogP contribution in [0.25, 0.3) is 10.8 Å². The Bertz CT molecular complexity index is 1380. The molecule has 208 valence electrons. The fourth-order valence-corrected chi connectivity index (χ4v) is 5.74. The third kappa shape index (κ3) is 5.85. The number of carboxylic acids is 1. The molecule has 0 amide bonds. The van der Waals surface area contributed by atoms with Crippen LogP contribution in [-0.2, 0) is 19.1 Å². The normalized spacial score (nSPS) is 21.6. The molecule has 0 spiro atoms. The standard InChI is InChI=1S/C29H27F6NO3/c30-28(31,32)20-6-8-21(9-7-20)39-25-12-5-18-13-16(1-10-22(18)26(25)29(33,34)35)15-36-24-11-4-17-2-3-19(27(37)38)14-23(17)24/h1-3,5,10,12-14,20-21,24,36H,4,6-9,11,15H2,(H,37,38)/t20-,21+,24?. The van der Waals surface area contributed by atoms with Gasteiger partial charge in [-0.1, -0.05) is 24.3 Å². The SMILES string of the molecule is O=C(O)c1ccc2c(c1)C(NCc1ccc3c(C(F)(F)F)c(O[C@H]4CC[C@@H](C(F)(F)F)CC4)ccc3c1)CC2. The molecular weight excluding hydrogens is 524 g/mol. The smallest absolute Gasteiger partial charge is 0.420 e.